The minimum Gasteiger partial charge on any atom is -0.481 e. The monoisotopic (exact) mass is 366 g/mol. The van der Waals surface area contributed by atoms with E-state index in [1.54, 1.807) is 48.5 Å². The van der Waals surface area contributed by atoms with E-state index in [0.29, 0.717) is 16.1 Å². The van der Waals surface area contributed by atoms with Gasteiger partial charge >= 0.3 is 5.97 Å². The summed E-state index contributed by atoms with van der Waals surface area (Å²) in [6.07, 6.45) is -0.0847. The maximum Gasteiger partial charge on any atom is 0.311 e. The van der Waals surface area contributed by atoms with Crippen molar-refractivity contribution in [2.75, 3.05) is 0 Å². The summed E-state index contributed by atoms with van der Waals surface area (Å²) in [7, 11) is 0. The molecule has 0 aliphatic rings. The molecule has 1 unspecified atom stereocenters. The maximum absolute atomic E-state index is 12.2. The third-order valence-corrected chi connectivity index (χ3v) is 3.91. The molecule has 5 heteroatoms. The number of carbonyl (C=O) groups is 2. The zero-order valence-corrected chi connectivity index (χ0v) is 13.3. The van der Waals surface area contributed by atoms with Crippen LogP contribution in [-0.2, 0) is 4.79 Å². The third kappa shape index (κ3) is 4.16. The van der Waals surface area contributed by atoms with Crippen molar-refractivity contribution in [3.8, 4) is 0 Å². The van der Waals surface area contributed by atoms with Gasteiger partial charge in [0.2, 0.25) is 0 Å². The van der Waals surface area contributed by atoms with Gasteiger partial charge in [0.05, 0.1) is 5.92 Å². The first-order valence-electron chi connectivity index (χ1n) is 6.24. The highest BCUT2D eigenvalue weighted by Gasteiger charge is 2.23. The Balaban J connectivity index is 2.20. The van der Waals surface area contributed by atoms with E-state index in [9.17, 15) is 14.7 Å². The number of rotatable bonds is 5. The lowest BCUT2D eigenvalue weighted by Gasteiger charge is -2.12. The van der Waals surface area contributed by atoms with E-state index in [-0.39, 0.29) is 12.2 Å². The number of benzene rings is 2. The van der Waals surface area contributed by atoms with Crippen LogP contribution in [0.2, 0.25) is 5.02 Å². The van der Waals surface area contributed by atoms with Gasteiger partial charge in [0, 0.05) is 21.5 Å². The number of hydrogen-bond acceptors (Lipinski definition) is 2. The second-order valence-corrected chi connectivity index (χ2v) is 5.93. The smallest absolute Gasteiger partial charge is 0.311 e. The molecule has 0 heterocycles. The molecule has 2 aromatic carbocycles. The molecular weight excluding hydrogens is 356 g/mol. The molecule has 1 atom stereocenters. The Morgan fingerprint density at radius 2 is 1.62 bits per heavy atom. The summed E-state index contributed by atoms with van der Waals surface area (Å²) in [5.74, 6) is -2.09. The molecule has 3 nitrogen and oxygen atoms in total. The molecule has 0 aliphatic carbocycles. The number of halogens is 2. The van der Waals surface area contributed by atoms with Crippen molar-refractivity contribution in [3.63, 3.8) is 0 Å². The highest BCUT2D eigenvalue weighted by Crippen LogP contribution is 2.24. The van der Waals surface area contributed by atoms with Crippen molar-refractivity contribution in [3.05, 3.63) is 69.2 Å². The van der Waals surface area contributed by atoms with Gasteiger partial charge in [-0.1, -0.05) is 39.7 Å². The Morgan fingerprint density at radius 1 is 1.05 bits per heavy atom. The number of carboxylic acids is 1. The van der Waals surface area contributed by atoms with E-state index in [1.807, 2.05) is 0 Å². The van der Waals surface area contributed by atoms with Crippen LogP contribution in [0.15, 0.2) is 53.0 Å². The molecule has 0 saturated heterocycles. The number of carbonyl (C=O) groups excluding carboxylic acids is 1. The van der Waals surface area contributed by atoms with Crippen LogP contribution in [0, 0.1) is 0 Å². The van der Waals surface area contributed by atoms with Crippen LogP contribution in [0.1, 0.15) is 28.3 Å². The molecule has 0 aliphatic heterocycles. The lowest BCUT2D eigenvalue weighted by molar-refractivity contribution is -0.138. The third-order valence-electron chi connectivity index (χ3n) is 3.13. The number of carboxylic acid groups (broad SMARTS) is 1. The minimum absolute atomic E-state index is 0.0847. The summed E-state index contributed by atoms with van der Waals surface area (Å²) >= 11 is 9.07. The zero-order chi connectivity index (χ0) is 15.4. The molecule has 0 spiro atoms. The van der Waals surface area contributed by atoms with Gasteiger partial charge in [0.15, 0.2) is 5.78 Å². The van der Waals surface area contributed by atoms with Gasteiger partial charge in [-0.05, 0) is 42.0 Å². The van der Waals surface area contributed by atoms with Gasteiger partial charge in [-0.3, -0.25) is 9.59 Å². The summed E-state index contributed by atoms with van der Waals surface area (Å²) in [5.41, 5.74) is 1.07. The van der Waals surface area contributed by atoms with E-state index >= 15 is 0 Å². The second-order valence-electron chi connectivity index (χ2n) is 4.58. The minimum atomic E-state index is -1.01. The van der Waals surface area contributed by atoms with Crippen molar-refractivity contribution in [2.24, 2.45) is 0 Å². The van der Waals surface area contributed by atoms with Crippen LogP contribution in [0.3, 0.4) is 0 Å². The van der Waals surface area contributed by atoms with Crippen molar-refractivity contribution in [1.82, 2.24) is 0 Å². The SMILES string of the molecule is O=C(CC(C(=O)O)c1ccc(Br)cc1)c1ccc(Cl)cc1. The summed E-state index contributed by atoms with van der Waals surface area (Å²) < 4.78 is 0.861. The summed E-state index contributed by atoms with van der Waals surface area (Å²) in [6, 6.07) is 13.4. The molecule has 0 fully saturated rings. The van der Waals surface area contributed by atoms with Crippen LogP contribution in [0.4, 0.5) is 0 Å². The molecule has 2 rings (SSSR count). The van der Waals surface area contributed by atoms with E-state index < -0.39 is 11.9 Å². The van der Waals surface area contributed by atoms with E-state index in [2.05, 4.69) is 15.9 Å². The van der Waals surface area contributed by atoms with Crippen LogP contribution < -0.4 is 0 Å². The normalized spacial score (nSPS) is 11.9. The molecular formula is C16H12BrClO3. The van der Waals surface area contributed by atoms with E-state index in [0.717, 1.165) is 4.47 Å². The van der Waals surface area contributed by atoms with Crippen LogP contribution >= 0.6 is 27.5 Å². The number of aliphatic carboxylic acids is 1. The standard InChI is InChI=1S/C16H12BrClO3/c17-12-5-1-10(2-6-12)14(16(20)21)9-15(19)11-3-7-13(18)8-4-11/h1-8,14H,9H2,(H,20,21). The van der Waals surface area contributed by atoms with Crippen molar-refractivity contribution in [2.45, 2.75) is 12.3 Å². The summed E-state index contributed by atoms with van der Waals surface area (Å²) in [4.78, 5) is 23.6. The lowest BCUT2D eigenvalue weighted by atomic mass is 9.92. The number of ketones is 1. The second kappa shape index (κ2) is 6.87. The molecule has 0 amide bonds. The Labute approximate surface area is 135 Å². The Morgan fingerprint density at radius 3 is 2.14 bits per heavy atom. The Bertz CT molecular complexity index is 650. The first kappa shape index (κ1) is 15.7. The first-order valence-corrected chi connectivity index (χ1v) is 7.41. The molecule has 0 aromatic heterocycles. The van der Waals surface area contributed by atoms with Gasteiger partial charge in [-0.25, -0.2) is 0 Å². The van der Waals surface area contributed by atoms with Crippen LogP contribution in [-0.4, -0.2) is 16.9 Å². The van der Waals surface area contributed by atoms with E-state index in [4.69, 9.17) is 11.6 Å². The highest BCUT2D eigenvalue weighted by atomic mass is 79.9. The summed E-state index contributed by atoms with van der Waals surface area (Å²) in [5, 5.41) is 9.89. The van der Waals surface area contributed by atoms with Gasteiger partial charge in [0.1, 0.15) is 0 Å². The van der Waals surface area contributed by atoms with Crippen LogP contribution in [0.5, 0.6) is 0 Å². The number of hydrogen-bond donors (Lipinski definition) is 1. The maximum atomic E-state index is 12.2. The molecule has 21 heavy (non-hydrogen) atoms. The van der Waals surface area contributed by atoms with Crippen LogP contribution in [0.25, 0.3) is 0 Å². The fraction of sp³-hybridized carbons (Fsp3) is 0.125. The highest BCUT2D eigenvalue weighted by molar-refractivity contribution is 9.10. The molecule has 1 N–H and O–H groups in total. The lowest BCUT2D eigenvalue weighted by Crippen LogP contribution is -2.16. The van der Waals surface area contributed by atoms with Gasteiger partial charge in [-0.2, -0.15) is 0 Å². The van der Waals surface area contributed by atoms with Gasteiger partial charge < -0.3 is 5.11 Å². The fourth-order valence-corrected chi connectivity index (χ4v) is 2.37. The largest absolute Gasteiger partial charge is 0.481 e. The first-order chi connectivity index (χ1) is 9.97. The quantitative estimate of drug-likeness (QED) is 0.789. The van der Waals surface area contributed by atoms with Gasteiger partial charge in [-0.15, -0.1) is 0 Å². The van der Waals surface area contributed by atoms with Crippen molar-refractivity contribution in [1.29, 1.82) is 0 Å². The Hall–Kier alpha value is -1.65. The fourth-order valence-electron chi connectivity index (χ4n) is 1.98. The Kier molecular flexibility index (Phi) is 5.15. The predicted molar refractivity (Wildman–Crippen MR) is 84.9 cm³/mol. The zero-order valence-electron chi connectivity index (χ0n) is 10.9. The number of Topliss-reactive ketones (excluding diaryl/α,β-unsaturated/α-hetero) is 1. The van der Waals surface area contributed by atoms with E-state index in [1.165, 1.54) is 0 Å². The topological polar surface area (TPSA) is 54.4 Å². The average molecular weight is 368 g/mol. The molecule has 108 valence electrons. The van der Waals surface area contributed by atoms with Crippen molar-refractivity contribution < 1.29 is 14.7 Å². The molecule has 0 bridgehead atoms. The van der Waals surface area contributed by atoms with Crippen molar-refractivity contribution >= 4 is 39.3 Å². The average Bonchev–Trinajstić information content (AvgIpc) is 2.46. The molecule has 0 saturated carbocycles. The predicted octanol–water partition coefficient (Wildman–Crippen LogP) is 4.54. The molecule has 0 radical (unpaired) electrons. The molecule has 2 aromatic rings. The summed E-state index contributed by atoms with van der Waals surface area (Å²) in [6.45, 7) is 0. The van der Waals surface area contributed by atoms with Gasteiger partial charge in [0.25, 0.3) is 0 Å².